The van der Waals surface area contributed by atoms with Gasteiger partial charge in [-0.15, -0.1) is 0 Å². The molecule has 0 bridgehead atoms. The van der Waals surface area contributed by atoms with Crippen LogP contribution in [0.1, 0.15) is 32.9 Å². The van der Waals surface area contributed by atoms with E-state index >= 15 is 0 Å². The fraction of sp³-hybridized carbons (Fsp3) is 0.615. The lowest BCUT2D eigenvalue weighted by molar-refractivity contribution is 0.235. The van der Waals surface area contributed by atoms with E-state index in [2.05, 4.69) is 30.7 Å². The molecule has 1 aromatic heterocycles. The summed E-state index contributed by atoms with van der Waals surface area (Å²) in [7, 11) is 0. The second kappa shape index (κ2) is 6.48. The van der Waals surface area contributed by atoms with Gasteiger partial charge in [0.2, 0.25) is 0 Å². The standard InChI is InChI=1S/C13H22N2O/c1-4-11(3)9-15(5-2)10-12-6-7-13(16)8-14-12/h6-8,11,16H,4-5,9-10H2,1-3H3. The first-order chi connectivity index (χ1) is 7.65. The Hall–Kier alpha value is -1.09. The first kappa shape index (κ1) is 13.0. The highest BCUT2D eigenvalue weighted by Crippen LogP contribution is 2.10. The van der Waals surface area contributed by atoms with E-state index in [0.717, 1.165) is 31.2 Å². The van der Waals surface area contributed by atoms with Crippen molar-refractivity contribution < 1.29 is 5.11 Å². The Morgan fingerprint density at radius 1 is 1.38 bits per heavy atom. The Bertz CT molecular complexity index is 297. The third kappa shape index (κ3) is 4.19. The van der Waals surface area contributed by atoms with E-state index < -0.39 is 0 Å². The molecule has 0 amide bonds. The molecule has 1 unspecified atom stereocenters. The molecular formula is C13H22N2O. The van der Waals surface area contributed by atoms with Crippen LogP contribution in [-0.4, -0.2) is 28.1 Å². The molecule has 0 fully saturated rings. The summed E-state index contributed by atoms with van der Waals surface area (Å²) in [5, 5.41) is 9.16. The fourth-order valence-corrected chi connectivity index (χ4v) is 1.61. The minimum Gasteiger partial charge on any atom is -0.506 e. The number of aromatic nitrogens is 1. The predicted molar refractivity (Wildman–Crippen MR) is 66.3 cm³/mol. The Labute approximate surface area is 98.1 Å². The van der Waals surface area contributed by atoms with Gasteiger partial charge in [0.1, 0.15) is 5.75 Å². The van der Waals surface area contributed by atoms with Crippen molar-refractivity contribution in [2.24, 2.45) is 5.92 Å². The van der Waals surface area contributed by atoms with Crippen LogP contribution in [0.5, 0.6) is 5.75 Å². The zero-order valence-corrected chi connectivity index (χ0v) is 10.5. The third-order valence-corrected chi connectivity index (χ3v) is 2.91. The van der Waals surface area contributed by atoms with Crippen LogP contribution in [0.4, 0.5) is 0 Å². The summed E-state index contributed by atoms with van der Waals surface area (Å²) in [5.41, 5.74) is 1.02. The van der Waals surface area contributed by atoms with Crippen LogP contribution in [0.3, 0.4) is 0 Å². The molecule has 90 valence electrons. The normalized spacial score (nSPS) is 13.0. The molecule has 0 aliphatic rings. The van der Waals surface area contributed by atoms with Gasteiger partial charge in [-0.3, -0.25) is 9.88 Å². The number of nitrogens with zero attached hydrogens (tertiary/aromatic N) is 2. The second-order valence-corrected chi connectivity index (χ2v) is 4.35. The van der Waals surface area contributed by atoms with Gasteiger partial charge in [-0.1, -0.05) is 27.2 Å². The van der Waals surface area contributed by atoms with Crippen molar-refractivity contribution in [3.63, 3.8) is 0 Å². The molecule has 3 nitrogen and oxygen atoms in total. The molecule has 0 saturated heterocycles. The van der Waals surface area contributed by atoms with Crippen LogP contribution in [-0.2, 0) is 6.54 Å². The summed E-state index contributed by atoms with van der Waals surface area (Å²) in [6.07, 6.45) is 2.71. The summed E-state index contributed by atoms with van der Waals surface area (Å²) in [6.45, 7) is 9.66. The van der Waals surface area contributed by atoms with Crippen LogP contribution in [0.15, 0.2) is 18.3 Å². The van der Waals surface area contributed by atoms with Crippen LogP contribution in [0.25, 0.3) is 0 Å². The lowest BCUT2D eigenvalue weighted by Crippen LogP contribution is -2.28. The molecule has 1 atom stereocenters. The average Bonchev–Trinajstić information content (AvgIpc) is 2.30. The topological polar surface area (TPSA) is 36.4 Å². The van der Waals surface area contributed by atoms with Crippen molar-refractivity contribution in [3.8, 4) is 5.75 Å². The van der Waals surface area contributed by atoms with E-state index in [9.17, 15) is 0 Å². The lowest BCUT2D eigenvalue weighted by Gasteiger charge is -2.23. The Morgan fingerprint density at radius 3 is 2.62 bits per heavy atom. The highest BCUT2D eigenvalue weighted by Gasteiger charge is 2.08. The van der Waals surface area contributed by atoms with Crippen molar-refractivity contribution in [2.75, 3.05) is 13.1 Å². The van der Waals surface area contributed by atoms with E-state index in [1.54, 1.807) is 6.07 Å². The van der Waals surface area contributed by atoms with Crippen LogP contribution < -0.4 is 0 Å². The predicted octanol–water partition coefficient (Wildman–Crippen LogP) is 2.66. The summed E-state index contributed by atoms with van der Waals surface area (Å²) in [4.78, 5) is 6.59. The molecule has 16 heavy (non-hydrogen) atoms. The second-order valence-electron chi connectivity index (χ2n) is 4.35. The third-order valence-electron chi connectivity index (χ3n) is 2.91. The van der Waals surface area contributed by atoms with Gasteiger partial charge in [0.05, 0.1) is 11.9 Å². The fourth-order valence-electron chi connectivity index (χ4n) is 1.61. The largest absolute Gasteiger partial charge is 0.506 e. The molecule has 1 rings (SSSR count). The van der Waals surface area contributed by atoms with Crippen molar-refractivity contribution in [2.45, 2.75) is 33.7 Å². The van der Waals surface area contributed by atoms with Crippen molar-refractivity contribution >= 4 is 0 Å². The molecule has 0 radical (unpaired) electrons. The van der Waals surface area contributed by atoms with Gasteiger partial charge in [-0.05, 0) is 24.6 Å². The highest BCUT2D eigenvalue weighted by atomic mass is 16.3. The maximum Gasteiger partial charge on any atom is 0.133 e. The van der Waals surface area contributed by atoms with Crippen molar-refractivity contribution in [1.82, 2.24) is 9.88 Å². The van der Waals surface area contributed by atoms with Crippen molar-refractivity contribution in [3.05, 3.63) is 24.0 Å². The molecule has 0 aromatic carbocycles. The summed E-state index contributed by atoms with van der Waals surface area (Å²) >= 11 is 0. The van der Waals surface area contributed by atoms with E-state index in [1.165, 1.54) is 12.6 Å². The van der Waals surface area contributed by atoms with E-state index in [1.807, 2.05) is 6.07 Å². The van der Waals surface area contributed by atoms with E-state index in [4.69, 9.17) is 5.11 Å². The number of aromatic hydroxyl groups is 1. The minimum atomic E-state index is 0.230. The maximum absolute atomic E-state index is 9.16. The summed E-state index contributed by atoms with van der Waals surface area (Å²) < 4.78 is 0. The van der Waals surface area contributed by atoms with Gasteiger partial charge in [-0.2, -0.15) is 0 Å². The summed E-state index contributed by atoms with van der Waals surface area (Å²) in [5.74, 6) is 0.950. The van der Waals surface area contributed by atoms with Gasteiger partial charge in [-0.25, -0.2) is 0 Å². The number of pyridine rings is 1. The Morgan fingerprint density at radius 2 is 2.12 bits per heavy atom. The number of rotatable bonds is 6. The minimum absolute atomic E-state index is 0.230. The first-order valence-corrected chi connectivity index (χ1v) is 6.02. The summed E-state index contributed by atoms with van der Waals surface area (Å²) in [6, 6.07) is 3.58. The first-order valence-electron chi connectivity index (χ1n) is 6.02. The molecule has 1 aromatic rings. The smallest absolute Gasteiger partial charge is 0.133 e. The highest BCUT2D eigenvalue weighted by molar-refractivity contribution is 5.17. The maximum atomic E-state index is 9.16. The van der Waals surface area contributed by atoms with Gasteiger partial charge < -0.3 is 5.11 Å². The number of hydrogen-bond donors (Lipinski definition) is 1. The quantitative estimate of drug-likeness (QED) is 0.804. The molecule has 0 saturated carbocycles. The van der Waals surface area contributed by atoms with Crippen LogP contribution in [0.2, 0.25) is 0 Å². The van der Waals surface area contributed by atoms with Gasteiger partial charge in [0.15, 0.2) is 0 Å². The zero-order valence-electron chi connectivity index (χ0n) is 10.5. The van der Waals surface area contributed by atoms with Crippen LogP contribution >= 0.6 is 0 Å². The molecule has 0 spiro atoms. The Balaban J connectivity index is 2.52. The number of hydrogen-bond acceptors (Lipinski definition) is 3. The molecule has 0 aliphatic carbocycles. The lowest BCUT2D eigenvalue weighted by atomic mass is 10.1. The molecular weight excluding hydrogens is 200 g/mol. The van der Waals surface area contributed by atoms with Crippen molar-refractivity contribution in [1.29, 1.82) is 0 Å². The SMILES string of the molecule is CCC(C)CN(CC)Cc1ccc(O)cn1. The van der Waals surface area contributed by atoms with E-state index in [0.29, 0.717) is 0 Å². The zero-order chi connectivity index (χ0) is 12.0. The monoisotopic (exact) mass is 222 g/mol. The molecule has 1 heterocycles. The molecule has 3 heteroatoms. The van der Waals surface area contributed by atoms with Crippen LogP contribution in [0, 0.1) is 5.92 Å². The van der Waals surface area contributed by atoms with E-state index in [-0.39, 0.29) is 5.75 Å². The van der Waals surface area contributed by atoms with Gasteiger partial charge in [0.25, 0.3) is 0 Å². The van der Waals surface area contributed by atoms with Gasteiger partial charge >= 0.3 is 0 Å². The van der Waals surface area contributed by atoms with Gasteiger partial charge in [0, 0.05) is 13.1 Å². The average molecular weight is 222 g/mol. The molecule has 0 aliphatic heterocycles. The molecule has 1 N–H and O–H groups in total. The Kier molecular flexibility index (Phi) is 5.26.